The maximum Gasteiger partial charge on any atom is 0.267 e. The molecule has 2 rings (SSSR count). The maximum atomic E-state index is 11.9. The molecule has 1 atom stereocenters. The second-order valence-corrected chi connectivity index (χ2v) is 5.47. The lowest BCUT2D eigenvalue weighted by Gasteiger charge is -2.21. The van der Waals surface area contributed by atoms with Crippen molar-refractivity contribution in [2.24, 2.45) is 4.99 Å². The van der Waals surface area contributed by atoms with Gasteiger partial charge in [-0.25, -0.2) is 23.1 Å². The third-order valence-corrected chi connectivity index (χ3v) is 3.84. The van der Waals surface area contributed by atoms with Crippen LogP contribution in [0.3, 0.4) is 0 Å². The quantitative estimate of drug-likeness (QED) is 0.822. The van der Waals surface area contributed by atoms with Gasteiger partial charge in [0, 0.05) is 6.20 Å². The molecule has 0 saturated carbocycles. The highest BCUT2D eigenvalue weighted by molar-refractivity contribution is 7.90. The average molecular weight is 254 g/mol. The van der Waals surface area contributed by atoms with Crippen LogP contribution in [0, 0.1) is 0 Å². The second-order valence-electron chi connectivity index (χ2n) is 3.82. The van der Waals surface area contributed by atoms with Crippen LogP contribution in [0.25, 0.3) is 0 Å². The molecule has 92 valence electrons. The molecule has 6 nitrogen and oxygen atoms in total. The summed E-state index contributed by atoms with van der Waals surface area (Å²) in [6.07, 6.45) is 2.37. The van der Waals surface area contributed by atoms with Crippen LogP contribution in [0.5, 0.6) is 0 Å². The minimum absolute atomic E-state index is 0.0467. The number of fused-ring (bicyclic) bond motifs is 1. The van der Waals surface area contributed by atoms with E-state index in [0.717, 1.165) is 6.42 Å². The zero-order valence-electron chi connectivity index (χ0n) is 9.64. The molecule has 1 aliphatic heterocycles. The van der Waals surface area contributed by atoms with Crippen molar-refractivity contribution in [3.63, 3.8) is 0 Å². The fraction of sp³-hybridized carbons (Fsp3) is 0.400. The molecule has 1 unspecified atom stereocenters. The topological polar surface area (TPSA) is 83.5 Å². The number of sulfonamides is 1. The summed E-state index contributed by atoms with van der Waals surface area (Å²) in [4.78, 5) is 8.35. The van der Waals surface area contributed by atoms with Crippen molar-refractivity contribution < 1.29 is 8.42 Å². The molecule has 2 heterocycles. The first-order valence-electron chi connectivity index (χ1n) is 5.35. The highest BCUT2D eigenvalue weighted by Crippen LogP contribution is 2.21. The Labute approximate surface area is 100 Å². The van der Waals surface area contributed by atoms with Crippen molar-refractivity contribution >= 4 is 21.8 Å². The number of guanidine groups is 1. The molecule has 0 aliphatic carbocycles. The van der Waals surface area contributed by atoms with E-state index >= 15 is 0 Å². The summed E-state index contributed by atoms with van der Waals surface area (Å²) in [6.45, 7) is 3.90. The molecule has 0 aromatic carbocycles. The average Bonchev–Trinajstić information content (AvgIpc) is 2.28. The summed E-state index contributed by atoms with van der Waals surface area (Å²) in [5.74, 6) is 0.541. The molecule has 2 N–H and O–H groups in total. The van der Waals surface area contributed by atoms with Crippen molar-refractivity contribution in [3.8, 4) is 0 Å². The van der Waals surface area contributed by atoms with Crippen LogP contribution in [0.15, 0.2) is 28.2 Å². The van der Waals surface area contributed by atoms with E-state index in [1.165, 1.54) is 12.3 Å². The van der Waals surface area contributed by atoms with Crippen LogP contribution >= 0.6 is 0 Å². The molecule has 1 aliphatic rings. The zero-order valence-corrected chi connectivity index (χ0v) is 10.5. The first-order chi connectivity index (χ1) is 8.03. The third kappa shape index (κ3) is 2.38. The molecule has 1 aromatic heterocycles. The molecule has 7 heteroatoms. The fourth-order valence-electron chi connectivity index (χ4n) is 1.39. The lowest BCUT2D eigenvalue weighted by atomic mass is 10.3. The number of pyridine rings is 1. The Hall–Kier alpha value is -1.63. The summed E-state index contributed by atoms with van der Waals surface area (Å²) < 4.78 is 26.1. The van der Waals surface area contributed by atoms with Crippen LogP contribution in [0.2, 0.25) is 0 Å². The van der Waals surface area contributed by atoms with Gasteiger partial charge in [0.15, 0.2) is 5.82 Å². The molecule has 17 heavy (non-hydrogen) atoms. The Morgan fingerprint density at radius 1 is 1.53 bits per heavy atom. The lowest BCUT2D eigenvalue weighted by Crippen LogP contribution is -2.41. The van der Waals surface area contributed by atoms with Gasteiger partial charge in [-0.3, -0.25) is 0 Å². The predicted octanol–water partition coefficient (Wildman–Crippen LogP) is 0.940. The van der Waals surface area contributed by atoms with Gasteiger partial charge < -0.3 is 5.32 Å². The van der Waals surface area contributed by atoms with Crippen LogP contribution in [-0.4, -0.2) is 25.4 Å². The largest absolute Gasteiger partial charge is 0.309 e. The van der Waals surface area contributed by atoms with E-state index in [4.69, 9.17) is 0 Å². The fourth-order valence-corrected chi connectivity index (χ4v) is 2.48. The third-order valence-electron chi connectivity index (χ3n) is 2.47. The molecule has 0 amide bonds. The Morgan fingerprint density at radius 3 is 3.00 bits per heavy atom. The van der Waals surface area contributed by atoms with Gasteiger partial charge in [0.2, 0.25) is 5.96 Å². The van der Waals surface area contributed by atoms with Gasteiger partial charge in [0.05, 0.1) is 6.04 Å². The Balaban J connectivity index is 2.42. The van der Waals surface area contributed by atoms with Gasteiger partial charge >= 0.3 is 0 Å². The number of aromatic nitrogens is 1. The molecule has 0 bridgehead atoms. The smallest absolute Gasteiger partial charge is 0.267 e. The van der Waals surface area contributed by atoms with Gasteiger partial charge in [0.25, 0.3) is 10.0 Å². The van der Waals surface area contributed by atoms with Crippen LogP contribution in [0.4, 0.5) is 5.82 Å². The molecular weight excluding hydrogens is 240 g/mol. The summed E-state index contributed by atoms with van der Waals surface area (Å²) in [5, 5.41) is 2.87. The maximum absolute atomic E-state index is 11.9. The van der Waals surface area contributed by atoms with Crippen molar-refractivity contribution in [2.45, 2.75) is 31.2 Å². The standard InChI is InChI=1S/C10H14N4O2S/c1-3-7(2)12-10-13-9-8(5-4-6-11-9)17(15,16)14-10/h4-7H,3H2,1-2H3,(H2,11,12,13,14). The highest BCUT2D eigenvalue weighted by Gasteiger charge is 2.27. The van der Waals surface area contributed by atoms with Crippen LogP contribution < -0.4 is 10.0 Å². The Bertz CT molecular complexity index is 553. The first kappa shape index (κ1) is 11.8. The number of nitrogens with zero attached hydrogens (tertiary/aromatic N) is 2. The molecule has 1 aromatic rings. The summed E-state index contributed by atoms with van der Waals surface area (Å²) in [7, 11) is -3.55. The van der Waals surface area contributed by atoms with E-state index < -0.39 is 10.0 Å². The molecule has 0 spiro atoms. The molecule has 0 radical (unpaired) electrons. The van der Waals surface area contributed by atoms with E-state index in [2.05, 4.69) is 20.0 Å². The minimum atomic E-state index is -3.55. The van der Waals surface area contributed by atoms with Crippen LogP contribution in [-0.2, 0) is 10.0 Å². The molecule has 0 fully saturated rings. The normalized spacial score (nSPS) is 21.2. The van der Waals surface area contributed by atoms with Crippen molar-refractivity contribution in [1.29, 1.82) is 0 Å². The minimum Gasteiger partial charge on any atom is -0.309 e. The molecular formula is C10H14N4O2S. The number of hydrogen-bond donors (Lipinski definition) is 2. The summed E-state index contributed by atoms with van der Waals surface area (Å²) >= 11 is 0. The van der Waals surface area contributed by atoms with Gasteiger partial charge in [-0.2, -0.15) is 0 Å². The van der Waals surface area contributed by atoms with Crippen LogP contribution in [0.1, 0.15) is 20.3 Å². The highest BCUT2D eigenvalue weighted by atomic mass is 32.2. The summed E-state index contributed by atoms with van der Waals surface area (Å²) in [5.41, 5.74) is 0. The SMILES string of the molecule is CCC(C)N=C1Nc2ncccc2S(=O)(=O)N1. The Morgan fingerprint density at radius 2 is 2.29 bits per heavy atom. The van der Waals surface area contributed by atoms with Crippen molar-refractivity contribution in [1.82, 2.24) is 9.71 Å². The number of rotatable bonds is 2. The van der Waals surface area contributed by atoms with Gasteiger partial charge in [-0.1, -0.05) is 6.92 Å². The van der Waals surface area contributed by atoms with E-state index in [0.29, 0.717) is 5.82 Å². The first-order valence-corrected chi connectivity index (χ1v) is 6.84. The lowest BCUT2D eigenvalue weighted by molar-refractivity contribution is 0.590. The van der Waals surface area contributed by atoms with E-state index in [-0.39, 0.29) is 16.9 Å². The monoisotopic (exact) mass is 254 g/mol. The van der Waals surface area contributed by atoms with Crippen molar-refractivity contribution in [2.75, 3.05) is 5.32 Å². The summed E-state index contributed by atoms with van der Waals surface area (Å²) in [6, 6.07) is 3.12. The number of aliphatic imine (C=N–C) groups is 1. The Kier molecular flexibility index (Phi) is 3.01. The van der Waals surface area contributed by atoms with E-state index in [1.807, 2.05) is 13.8 Å². The number of anilines is 1. The van der Waals surface area contributed by atoms with Crippen molar-refractivity contribution in [3.05, 3.63) is 18.3 Å². The number of nitrogens with one attached hydrogen (secondary N) is 2. The number of hydrogen-bond acceptors (Lipinski definition) is 4. The van der Waals surface area contributed by atoms with Gasteiger partial charge in [-0.05, 0) is 25.5 Å². The zero-order chi connectivity index (χ0) is 12.5. The predicted molar refractivity (Wildman–Crippen MR) is 65.4 cm³/mol. The van der Waals surface area contributed by atoms with E-state index in [9.17, 15) is 8.42 Å². The van der Waals surface area contributed by atoms with Gasteiger partial charge in [-0.15, -0.1) is 0 Å². The second kappa shape index (κ2) is 4.33. The van der Waals surface area contributed by atoms with E-state index in [1.54, 1.807) is 6.07 Å². The van der Waals surface area contributed by atoms with Gasteiger partial charge in [0.1, 0.15) is 4.90 Å². The molecule has 0 saturated heterocycles.